The molecule has 194 valence electrons. The van der Waals surface area contributed by atoms with E-state index in [4.69, 9.17) is 0 Å². The molecule has 0 unspecified atom stereocenters. The number of imide groups is 1. The summed E-state index contributed by atoms with van der Waals surface area (Å²) in [5.74, 6) is -2.42. The second-order valence-electron chi connectivity index (χ2n) is 6.56. The van der Waals surface area contributed by atoms with Crippen LogP contribution in [0.25, 0.3) is 0 Å². The Labute approximate surface area is 197 Å². The van der Waals surface area contributed by atoms with Crippen LogP contribution in [0, 0.1) is 0 Å². The van der Waals surface area contributed by atoms with Gasteiger partial charge in [0.2, 0.25) is 6.41 Å². The molecule has 0 aromatic heterocycles. The van der Waals surface area contributed by atoms with Crippen LogP contribution in [-0.4, -0.2) is 53.9 Å². The second-order valence-corrected chi connectivity index (χ2v) is 6.56. The number of hydrazine groups is 2. The number of benzene rings is 2. The van der Waals surface area contributed by atoms with Gasteiger partial charge in [0.05, 0.1) is 11.4 Å². The highest BCUT2D eigenvalue weighted by Gasteiger charge is 2.43. The van der Waals surface area contributed by atoms with Gasteiger partial charge in [-0.25, -0.2) is 9.63 Å². The lowest BCUT2D eigenvalue weighted by molar-refractivity contribution is -0.234. The summed E-state index contributed by atoms with van der Waals surface area (Å²) < 4.78 is 73.8. The maximum atomic E-state index is 12.4. The van der Waals surface area contributed by atoms with E-state index in [1.54, 1.807) is 0 Å². The van der Waals surface area contributed by atoms with Gasteiger partial charge < -0.3 is 10.6 Å². The predicted molar refractivity (Wildman–Crippen MR) is 112 cm³/mol. The van der Waals surface area contributed by atoms with E-state index >= 15 is 0 Å². The highest BCUT2D eigenvalue weighted by Crippen LogP contribution is 2.20. The minimum Gasteiger partial charge on any atom is -0.308 e. The number of hydroxylamine groups is 1. The predicted octanol–water partition coefficient (Wildman–Crippen LogP) is 3.48. The molecule has 5 amide bonds. The Morgan fingerprint density at radius 2 is 1.19 bits per heavy atom. The number of amides is 5. The molecule has 0 saturated carbocycles. The smallest absolute Gasteiger partial charge is 0.308 e. The van der Waals surface area contributed by atoms with Crippen LogP contribution in [0.3, 0.4) is 0 Å². The first-order valence-corrected chi connectivity index (χ1v) is 9.42. The van der Waals surface area contributed by atoms with E-state index in [0.717, 1.165) is 0 Å². The molecule has 0 saturated heterocycles. The fourth-order valence-electron chi connectivity index (χ4n) is 2.31. The highest BCUT2D eigenvalue weighted by atomic mass is 19.4. The molecule has 0 heterocycles. The van der Waals surface area contributed by atoms with Crippen LogP contribution >= 0.6 is 0 Å². The number of nitrogens with one attached hydrogen (secondary N) is 4. The molecule has 0 aliphatic heterocycles. The lowest BCUT2D eigenvalue weighted by Crippen LogP contribution is -2.43. The largest absolute Gasteiger partial charge is 0.473 e. The Morgan fingerprint density at radius 3 is 1.58 bits per heavy atom. The van der Waals surface area contributed by atoms with E-state index in [1.807, 2.05) is 5.43 Å². The SMILES string of the molecule is O=CN(Nc1ccc(NC(=O)Nc2ccc(NN(C=O)C(=O)C(F)(F)F)cc2)cc1)OCC(F)(F)F. The van der Waals surface area contributed by atoms with Crippen molar-refractivity contribution in [2.45, 2.75) is 12.4 Å². The number of hydrogen-bond acceptors (Lipinski definition) is 7. The summed E-state index contributed by atoms with van der Waals surface area (Å²) in [6.45, 7) is -1.70. The van der Waals surface area contributed by atoms with Crippen molar-refractivity contribution in [1.82, 2.24) is 10.2 Å². The van der Waals surface area contributed by atoms with Crippen LogP contribution in [0.4, 0.5) is 53.9 Å². The van der Waals surface area contributed by atoms with Crippen molar-refractivity contribution in [3.63, 3.8) is 0 Å². The third kappa shape index (κ3) is 9.01. The number of hydrogen-bond donors (Lipinski definition) is 4. The number of nitrogens with zero attached hydrogens (tertiary/aromatic N) is 2. The first kappa shape index (κ1) is 27.7. The van der Waals surface area contributed by atoms with E-state index in [1.165, 1.54) is 48.5 Å². The minimum absolute atomic E-state index is 0.0171. The number of anilines is 4. The molecule has 2 aromatic carbocycles. The molecule has 17 heteroatoms. The van der Waals surface area contributed by atoms with Crippen LogP contribution in [-0.2, 0) is 19.2 Å². The number of carbonyl (C=O) groups excluding carboxylic acids is 4. The lowest BCUT2D eigenvalue weighted by Gasteiger charge is -2.19. The van der Waals surface area contributed by atoms with Gasteiger partial charge in [-0.3, -0.25) is 25.2 Å². The summed E-state index contributed by atoms with van der Waals surface area (Å²) in [4.78, 5) is 49.0. The standard InChI is InChI=1S/C19H16F6N6O5/c20-18(21,22)9-36-31(11-33)29-15-7-3-13(4-8-15)27-17(35)26-12-1-5-14(6-2-12)28-30(10-32)16(34)19(23,24)25/h1-8,10-11,28-29H,9H2,(H2,26,27,35). The monoisotopic (exact) mass is 522 g/mol. The topological polar surface area (TPSA) is 132 Å². The van der Waals surface area contributed by atoms with Crippen molar-refractivity contribution < 1.29 is 50.4 Å². The maximum Gasteiger partial charge on any atom is 0.473 e. The molecule has 0 fully saturated rings. The first-order chi connectivity index (χ1) is 16.8. The zero-order chi connectivity index (χ0) is 26.9. The van der Waals surface area contributed by atoms with E-state index in [0.29, 0.717) is 0 Å². The Hall–Kier alpha value is -4.54. The fraction of sp³-hybridized carbons (Fsp3) is 0.158. The van der Waals surface area contributed by atoms with Crippen LogP contribution in [0.15, 0.2) is 48.5 Å². The van der Waals surface area contributed by atoms with Gasteiger partial charge in [0.15, 0.2) is 6.61 Å². The molecule has 4 N–H and O–H groups in total. The van der Waals surface area contributed by atoms with Gasteiger partial charge >= 0.3 is 24.3 Å². The van der Waals surface area contributed by atoms with Gasteiger partial charge in [-0.2, -0.15) is 31.4 Å². The van der Waals surface area contributed by atoms with Gasteiger partial charge in [-0.15, -0.1) is 5.17 Å². The summed E-state index contributed by atoms with van der Waals surface area (Å²) >= 11 is 0. The first-order valence-electron chi connectivity index (χ1n) is 9.42. The molecular weight excluding hydrogens is 506 g/mol. The van der Waals surface area contributed by atoms with Gasteiger partial charge in [0.1, 0.15) is 0 Å². The normalized spacial score (nSPS) is 11.2. The van der Waals surface area contributed by atoms with E-state index in [-0.39, 0.29) is 45.8 Å². The second kappa shape index (κ2) is 11.7. The van der Waals surface area contributed by atoms with Crippen molar-refractivity contribution >= 4 is 47.5 Å². The third-order valence-corrected chi connectivity index (χ3v) is 3.80. The van der Waals surface area contributed by atoms with Crippen molar-refractivity contribution in [2.24, 2.45) is 0 Å². The maximum absolute atomic E-state index is 12.4. The van der Waals surface area contributed by atoms with Gasteiger partial charge in [0.25, 0.3) is 6.41 Å². The summed E-state index contributed by atoms with van der Waals surface area (Å²) in [6.07, 6.45) is -10.3. The van der Waals surface area contributed by atoms with E-state index < -0.39 is 30.9 Å². The zero-order valence-corrected chi connectivity index (χ0v) is 17.7. The molecular formula is C19H16F6N6O5. The van der Waals surface area contributed by atoms with Crippen molar-refractivity contribution in [3.05, 3.63) is 48.5 Å². The molecule has 0 bridgehead atoms. The van der Waals surface area contributed by atoms with Crippen molar-refractivity contribution in [2.75, 3.05) is 28.1 Å². The van der Waals surface area contributed by atoms with Gasteiger partial charge in [-0.05, 0) is 48.5 Å². The number of carbonyl (C=O) groups is 4. The van der Waals surface area contributed by atoms with E-state index in [2.05, 4.69) is 20.9 Å². The molecule has 2 rings (SSSR count). The number of rotatable bonds is 10. The molecule has 0 radical (unpaired) electrons. The van der Waals surface area contributed by atoms with Gasteiger partial charge in [0, 0.05) is 11.4 Å². The van der Waals surface area contributed by atoms with Crippen molar-refractivity contribution in [3.8, 4) is 0 Å². The summed E-state index contributed by atoms with van der Waals surface area (Å²) in [7, 11) is 0. The average Bonchev–Trinajstić information content (AvgIpc) is 2.80. The number of alkyl halides is 6. The van der Waals surface area contributed by atoms with Crippen LogP contribution in [0.2, 0.25) is 0 Å². The third-order valence-electron chi connectivity index (χ3n) is 3.80. The molecule has 0 spiro atoms. The molecule has 0 aliphatic carbocycles. The molecule has 36 heavy (non-hydrogen) atoms. The molecule has 0 atom stereocenters. The van der Waals surface area contributed by atoms with Crippen LogP contribution in [0.1, 0.15) is 0 Å². The average molecular weight is 522 g/mol. The highest BCUT2D eigenvalue weighted by molar-refractivity contribution is 6.00. The van der Waals surface area contributed by atoms with Crippen LogP contribution < -0.4 is 21.5 Å². The number of halogens is 6. The summed E-state index contributed by atoms with van der Waals surface area (Å²) in [5.41, 5.74) is 4.77. The zero-order valence-electron chi connectivity index (χ0n) is 17.7. The summed E-state index contributed by atoms with van der Waals surface area (Å²) in [6, 6.07) is 9.54. The Morgan fingerprint density at radius 1 is 0.750 bits per heavy atom. The quantitative estimate of drug-likeness (QED) is 0.213. The fourth-order valence-corrected chi connectivity index (χ4v) is 2.31. The number of urea groups is 1. The lowest BCUT2D eigenvalue weighted by atomic mass is 10.3. The molecule has 0 aliphatic rings. The van der Waals surface area contributed by atoms with Crippen molar-refractivity contribution in [1.29, 1.82) is 0 Å². The molecule has 11 nitrogen and oxygen atoms in total. The Bertz CT molecular complexity index is 1060. The van der Waals surface area contributed by atoms with Gasteiger partial charge in [-0.1, -0.05) is 0 Å². The Kier molecular flexibility index (Phi) is 9.03. The van der Waals surface area contributed by atoms with E-state index in [9.17, 15) is 45.5 Å². The summed E-state index contributed by atoms with van der Waals surface area (Å²) in [5, 5.41) is 4.78. The Balaban J connectivity index is 1.89. The van der Waals surface area contributed by atoms with Crippen LogP contribution in [0.5, 0.6) is 0 Å². The molecule has 2 aromatic rings. The minimum atomic E-state index is -5.27.